The Morgan fingerprint density at radius 1 is 1.40 bits per heavy atom. The van der Waals surface area contributed by atoms with Crippen molar-refractivity contribution in [1.29, 1.82) is 0 Å². The summed E-state index contributed by atoms with van der Waals surface area (Å²) in [6.07, 6.45) is 2.94. The van der Waals surface area contributed by atoms with Gasteiger partial charge in [-0.2, -0.15) is 0 Å². The zero-order valence-corrected chi connectivity index (χ0v) is 8.87. The second kappa shape index (κ2) is 4.19. The highest BCUT2D eigenvalue weighted by atomic mass is 19.1. The van der Waals surface area contributed by atoms with Crippen molar-refractivity contribution in [3.8, 4) is 5.75 Å². The fourth-order valence-corrected chi connectivity index (χ4v) is 1.97. The lowest BCUT2D eigenvalue weighted by Crippen LogP contribution is -2.33. The number of aryl methyl sites for hydroxylation is 1. The van der Waals surface area contributed by atoms with E-state index in [4.69, 9.17) is 10.5 Å². The number of hydrogen-bond donors (Lipinski definition) is 1. The van der Waals surface area contributed by atoms with Gasteiger partial charge in [-0.1, -0.05) is 6.07 Å². The Hall–Kier alpha value is -1.09. The van der Waals surface area contributed by atoms with Crippen molar-refractivity contribution in [2.24, 2.45) is 5.73 Å². The molecule has 0 heterocycles. The summed E-state index contributed by atoms with van der Waals surface area (Å²) >= 11 is 0. The predicted molar refractivity (Wildman–Crippen MR) is 57.4 cm³/mol. The molecule has 1 aromatic rings. The van der Waals surface area contributed by atoms with Crippen molar-refractivity contribution in [1.82, 2.24) is 0 Å². The highest BCUT2D eigenvalue weighted by molar-refractivity contribution is 5.29. The molecule has 0 aromatic heterocycles. The van der Waals surface area contributed by atoms with Gasteiger partial charge in [0.15, 0.2) is 11.6 Å². The average Bonchev–Trinajstić information content (AvgIpc) is 2.58. The van der Waals surface area contributed by atoms with Crippen molar-refractivity contribution < 1.29 is 9.13 Å². The number of nitrogens with two attached hydrogens (primary N) is 1. The second-order valence-electron chi connectivity index (χ2n) is 4.18. The first-order valence-corrected chi connectivity index (χ1v) is 5.35. The topological polar surface area (TPSA) is 35.2 Å². The van der Waals surface area contributed by atoms with E-state index < -0.39 is 0 Å². The van der Waals surface area contributed by atoms with Gasteiger partial charge in [-0.3, -0.25) is 0 Å². The molecular formula is C12H16FNO. The molecule has 2 unspecified atom stereocenters. The van der Waals surface area contributed by atoms with Crippen LogP contribution in [0.2, 0.25) is 0 Å². The lowest BCUT2D eigenvalue weighted by atomic mass is 10.2. The molecular weight excluding hydrogens is 193 g/mol. The molecule has 1 aliphatic rings. The van der Waals surface area contributed by atoms with Crippen molar-refractivity contribution in [3.05, 3.63) is 29.6 Å². The Morgan fingerprint density at radius 3 is 2.87 bits per heavy atom. The Morgan fingerprint density at radius 2 is 2.20 bits per heavy atom. The molecule has 3 heteroatoms. The van der Waals surface area contributed by atoms with Crippen LogP contribution in [-0.2, 0) is 0 Å². The van der Waals surface area contributed by atoms with E-state index in [1.165, 1.54) is 6.07 Å². The van der Waals surface area contributed by atoms with Crippen LogP contribution in [0.4, 0.5) is 4.39 Å². The van der Waals surface area contributed by atoms with E-state index in [2.05, 4.69) is 0 Å². The SMILES string of the molecule is Cc1ccc(F)c(OC2CCCC2N)c1. The third-order valence-electron chi connectivity index (χ3n) is 2.87. The molecule has 15 heavy (non-hydrogen) atoms. The van der Waals surface area contributed by atoms with Crippen LogP contribution in [0.15, 0.2) is 18.2 Å². The van der Waals surface area contributed by atoms with Gasteiger partial charge in [0, 0.05) is 6.04 Å². The summed E-state index contributed by atoms with van der Waals surface area (Å²) in [5.74, 6) is 0.0250. The van der Waals surface area contributed by atoms with E-state index >= 15 is 0 Å². The van der Waals surface area contributed by atoms with Crippen LogP contribution in [0.3, 0.4) is 0 Å². The molecule has 2 atom stereocenters. The lowest BCUT2D eigenvalue weighted by Gasteiger charge is -2.18. The monoisotopic (exact) mass is 209 g/mol. The number of benzene rings is 1. The molecule has 0 radical (unpaired) electrons. The molecule has 0 aliphatic heterocycles. The quantitative estimate of drug-likeness (QED) is 0.811. The lowest BCUT2D eigenvalue weighted by molar-refractivity contribution is 0.183. The number of rotatable bonds is 2. The Labute approximate surface area is 89.2 Å². The molecule has 1 saturated carbocycles. The molecule has 0 bridgehead atoms. The van der Waals surface area contributed by atoms with Gasteiger partial charge < -0.3 is 10.5 Å². The minimum absolute atomic E-state index is 0.0266. The summed E-state index contributed by atoms with van der Waals surface area (Å²) in [6.45, 7) is 1.92. The van der Waals surface area contributed by atoms with Crippen LogP contribution in [-0.4, -0.2) is 12.1 Å². The van der Waals surface area contributed by atoms with Crippen molar-refractivity contribution in [2.75, 3.05) is 0 Å². The molecule has 0 spiro atoms. The molecule has 1 fully saturated rings. The van der Waals surface area contributed by atoms with Gasteiger partial charge in [-0.05, 0) is 43.9 Å². The number of hydrogen-bond acceptors (Lipinski definition) is 2. The summed E-state index contributed by atoms with van der Waals surface area (Å²) in [5, 5.41) is 0. The van der Waals surface area contributed by atoms with Crippen LogP contribution in [0.25, 0.3) is 0 Å². The highest BCUT2D eigenvalue weighted by Gasteiger charge is 2.26. The van der Waals surface area contributed by atoms with Gasteiger partial charge >= 0.3 is 0 Å². The maximum Gasteiger partial charge on any atom is 0.165 e. The van der Waals surface area contributed by atoms with Gasteiger partial charge in [0.25, 0.3) is 0 Å². The zero-order chi connectivity index (χ0) is 10.8. The van der Waals surface area contributed by atoms with Gasteiger partial charge in [0.05, 0.1) is 0 Å². The average molecular weight is 209 g/mol. The summed E-state index contributed by atoms with van der Waals surface area (Å²) in [4.78, 5) is 0. The summed E-state index contributed by atoms with van der Waals surface area (Å²) in [7, 11) is 0. The van der Waals surface area contributed by atoms with Crippen LogP contribution in [0.1, 0.15) is 24.8 Å². The molecule has 2 rings (SSSR count). The predicted octanol–water partition coefficient (Wildman–Crippen LogP) is 2.39. The largest absolute Gasteiger partial charge is 0.486 e. The summed E-state index contributed by atoms with van der Waals surface area (Å²) in [6, 6.07) is 4.94. The molecule has 1 aliphatic carbocycles. The van der Waals surface area contributed by atoms with Gasteiger partial charge in [0.2, 0.25) is 0 Å². The Bertz CT molecular complexity index is 353. The minimum Gasteiger partial charge on any atom is -0.486 e. The van der Waals surface area contributed by atoms with Gasteiger partial charge in [-0.25, -0.2) is 4.39 Å². The first-order chi connectivity index (χ1) is 7.16. The maximum atomic E-state index is 13.4. The molecule has 1 aromatic carbocycles. The second-order valence-corrected chi connectivity index (χ2v) is 4.18. The van der Waals surface area contributed by atoms with E-state index in [1.807, 2.05) is 6.92 Å². The maximum absolute atomic E-state index is 13.4. The van der Waals surface area contributed by atoms with E-state index in [9.17, 15) is 4.39 Å². The van der Waals surface area contributed by atoms with Crippen LogP contribution >= 0.6 is 0 Å². The smallest absolute Gasteiger partial charge is 0.165 e. The molecule has 2 nitrogen and oxygen atoms in total. The summed E-state index contributed by atoms with van der Waals surface area (Å²) < 4.78 is 19.0. The van der Waals surface area contributed by atoms with Crippen molar-refractivity contribution in [2.45, 2.75) is 38.3 Å². The third-order valence-corrected chi connectivity index (χ3v) is 2.87. The standard InChI is InChI=1S/C12H16FNO/c1-8-5-6-9(13)12(7-8)15-11-4-2-3-10(11)14/h5-7,10-11H,2-4,14H2,1H3. The fraction of sp³-hybridized carbons (Fsp3) is 0.500. The molecule has 2 N–H and O–H groups in total. The highest BCUT2D eigenvalue weighted by Crippen LogP contribution is 2.26. The normalized spacial score (nSPS) is 25.5. The van der Waals surface area contributed by atoms with Crippen LogP contribution in [0.5, 0.6) is 5.75 Å². The first kappa shape index (κ1) is 10.4. The van der Waals surface area contributed by atoms with Crippen LogP contribution in [0, 0.1) is 12.7 Å². The molecule has 0 amide bonds. The van der Waals surface area contributed by atoms with Gasteiger partial charge in [-0.15, -0.1) is 0 Å². The molecule has 0 saturated heterocycles. The molecule has 82 valence electrons. The van der Waals surface area contributed by atoms with Crippen molar-refractivity contribution in [3.63, 3.8) is 0 Å². The summed E-state index contributed by atoms with van der Waals surface area (Å²) in [5.41, 5.74) is 6.87. The van der Waals surface area contributed by atoms with Gasteiger partial charge in [0.1, 0.15) is 6.10 Å². The fourth-order valence-electron chi connectivity index (χ4n) is 1.97. The third kappa shape index (κ3) is 2.29. The Balaban J connectivity index is 2.12. The van der Waals surface area contributed by atoms with E-state index in [0.717, 1.165) is 24.8 Å². The van der Waals surface area contributed by atoms with Crippen LogP contribution < -0.4 is 10.5 Å². The number of ether oxygens (including phenoxy) is 1. The Kier molecular flexibility index (Phi) is 2.91. The van der Waals surface area contributed by atoms with E-state index in [0.29, 0.717) is 5.75 Å². The van der Waals surface area contributed by atoms with E-state index in [-0.39, 0.29) is 18.0 Å². The zero-order valence-electron chi connectivity index (χ0n) is 8.87. The number of halogens is 1. The van der Waals surface area contributed by atoms with Crippen molar-refractivity contribution >= 4 is 0 Å². The first-order valence-electron chi connectivity index (χ1n) is 5.35. The minimum atomic E-state index is -0.306. The van der Waals surface area contributed by atoms with E-state index in [1.54, 1.807) is 12.1 Å².